The van der Waals surface area contributed by atoms with Gasteiger partial charge in [-0.15, -0.1) is 0 Å². The van der Waals surface area contributed by atoms with Crippen LogP contribution in [-0.4, -0.2) is 4.98 Å². The summed E-state index contributed by atoms with van der Waals surface area (Å²) < 4.78 is 18.5. The van der Waals surface area contributed by atoms with Crippen molar-refractivity contribution in [1.82, 2.24) is 4.98 Å². The zero-order valence-corrected chi connectivity index (χ0v) is 14.6. The molecular weight excluding hydrogens is 313 g/mol. The molecule has 25 heavy (non-hydrogen) atoms. The zero-order chi connectivity index (χ0) is 17.0. The maximum Gasteiger partial charge on any atom is 0.145 e. The van der Waals surface area contributed by atoms with Crippen molar-refractivity contribution >= 4 is 0 Å². The van der Waals surface area contributed by atoms with E-state index in [-0.39, 0.29) is 13.2 Å². The van der Waals surface area contributed by atoms with Gasteiger partial charge in [0.2, 0.25) is 0 Å². The minimum absolute atomic E-state index is 0. The Morgan fingerprint density at radius 1 is 0.800 bits per heavy atom. The first kappa shape index (κ1) is 21.1. The van der Waals surface area contributed by atoms with Gasteiger partial charge in [-0.25, -0.2) is 4.39 Å². The first-order valence-electron chi connectivity index (χ1n) is 9.16. The quantitative estimate of drug-likeness (QED) is 0.398. The molecule has 0 amide bonds. The van der Waals surface area contributed by atoms with Gasteiger partial charge in [-0.1, -0.05) is 59.3 Å². The van der Waals surface area contributed by atoms with E-state index in [1.54, 1.807) is 18.3 Å². The molecule has 0 unspecified atom stereocenters. The molecule has 0 aliphatic carbocycles. The highest BCUT2D eigenvalue weighted by atomic mass is 19.1. The summed E-state index contributed by atoms with van der Waals surface area (Å²) in [6, 6.07) is 9.95. The Morgan fingerprint density at radius 2 is 1.40 bits per heavy atom. The Bertz CT molecular complexity index is 566. The molecule has 138 valence electrons. The molecule has 3 heteroatoms. The summed E-state index contributed by atoms with van der Waals surface area (Å²) in [4.78, 5) is 4.45. The lowest BCUT2D eigenvalue weighted by atomic mass is 10.1. The molecule has 1 heterocycles. The topological polar surface area (TPSA) is 22.1 Å². The summed E-state index contributed by atoms with van der Waals surface area (Å²) in [6.07, 6.45) is 13.4. The Balaban J connectivity index is 0.00000312. The largest absolute Gasteiger partial charge is 0.456 e. The second-order valence-corrected chi connectivity index (χ2v) is 6.27. The van der Waals surface area contributed by atoms with Crippen LogP contribution in [0.4, 0.5) is 4.39 Å². The SMILES string of the molecule is C.CCCCCCCCCCc1ccc(Oc2ccc(F)cc2)cn1. The molecule has 0 saturated heterocycles. The van der Waals surface area contributed by atoms with E-state index in [4.69, 9.17) is 4.74 Å². The number of hydrogen-bond acceptors (Lipinski definition) is 2. The minimum Gasteiger partial charge on any atom is -0.456 e. The number of pyridine rings is 1. The molecule has 0 N–H and O–H groups in total. The maximum atomic E-state index is 12.9. The molecule has 0 spiro atoms. The van der Waals surface area contributed by atoms with Crippen molar-refractivity contribution in [1.29, 1.82) is 0 Å². The molecule has 2 rings (SSSR count). The monoisotopic (exact) mass is 345 g/mol. The Morgan fingerprint density at radius 3 is 2.00 bits per heavy atom. The number of aromatic nitrogens is 1. The van der Waals surface area contributed by atoms with Gasteiger partial charge < -0.3 is 4.74 Å². The minimum atomic E-state index is -0.263. The molecular formula is C22H32FNO. The van der Waals surface area contributed by atoms with Crippen LogP contribution in [0, 0.1) is 5.82 Å². The van der Waals surface area contributed by atoms with Crippen LogP contribution < -0.4 is 4.74 Å². The van der Waals surface area contributed by atoms with Crippen LogP contribution in [0.2, 0.25) is 0 Å². The van der Waals surface area contributed by atoms with E-state index in [0.29, 0.717) is 11.5 Å². The standard InChI is InChI=1S/C21H28FNO.CH4/c1-2-3-4-5-6-7-8-9-10-19-13-16-21(17-23-19)24-20-14-11-18(22)12-15-20;/h11-17H,2-10H2,1H3;1H4. The van der Waals surface area contributed by atoms with Gasteiger partial charge in [0.05, 0.1) is 6.20 Å². The van der Waals surface area contributed by atoms with Crippen molar-refractivity contribution in [2.24, 2.45) is 0 Å². The van der Waals surface area contributed by atoms with Crippen LogP contribution in [0.15, 0.2) is 42.6 Å². The van der Waals surface area contributed by atoms with Gasteiger partial charge in [0.1, 0.15) is 17.3 Å². The van der Waals surface area contributed by atoms with E-state index in [2.05, 4.69) is 11.9 Å². The normalized spacial score (nSPS) is 10.3. The van der Waals surface area contributed by atoms with Crippen molar-refractivity contribution < 1.29 is 9.13 Å². The van der Waals surface area contributed by atoms with E-state index >= 15 is 0 Å². The van der Waals surface area contributed by atoms with Gasteiger partial charge in [0, 0.05) is 5.69 Å². The number of aryl methyl sites for hydroxylation is 1. The van der Waals surface area contributed by atoms with Gasteiger partial charge in [-0.05, 0) is 49.2 Å². The third kappa shape index (κ3) is 8.67. The lowest BCUT2D eigenvalue weighted by molar-refractivity contribution is 0.477. The first-order chi connectivity index (χ1) is 11.8. The number of halogens is 1. The molecule has 0 bridgehead atoms. The number of ether oxygens (including phenoxy) is 1. The number of hydrogen-bond donors (Lipinski definition) is 0. The fraction of sp³-hybridized carbons (Fsp3) is 0.500. The van der Waals surface area contributed by atoms with Gasteiger partial charge in [-0.2, -0.15) is 0 Å². The van der Waals surface area contributed by atoms with E-state index in [9.17, 15) is 4.39 Å². The summed E-state index contributed by atoms with van der Waals surface area (Å²) in [6.45, 7) is 2.25. The molecule has 0 aliphatic rings. The highest BCUT2D eigenvalue weighted by Gasteiger charge is 2.00. The number of nitrogens with zero attached hydrogens (tertiary/aromatic N) is 1. The molecule has 1 aromatic carbocycles. The maximum absolute atomic E-state index is 12.9. The zero-order valence-electron chi connectivity index (χ0n) is 14.6. The third-order valence-electron chi connectivity index (χ3n) is 4.13. The van der Waals surface area contributed by atoms with Crippen LogP contribution in [0.5, 0.6) is 11.5 Å². The second-order valence-electron chi connectivity index (χ2n) is 6.27. The van der Waals surface area contributed by atoms with Crippen molar-refractivity contribution in [3.05, 3.63) is 54.1 Å². The number of unbranched alkanes of at least 4 members (excludes halogenated alkanes) is 7. The second kappa shape index (κ2) is 12.5. The van der Waals surface area contributed by atoms with Crippen molar-refractivity contribution in [3.8, 4) is 11.5 Å². The molecule has 0 aliphatic heterocycles. The lowest BCUT2D eigenvalue weighted by Crippen LogP contribution is -1.92. The third-order valence-corrected chi connectivity index (χ3v) is 4.13. The molecule has 0 radical (unpaired) electrons. The fourth-order valence-electron chi connectivity index (χ4n) is 2.70. The summed E-state index contributed by atoms with van der Waals surface area (Å²) in [5.74, 6) is 1.04. The molecule has 2 aromatic rings. The van der Waals surface area contributed by atoms with Gasteiger partial charge in [0.25, 0.3) is 0 Å². The van der Waals surface area contributed by atoms with E-state index in [0.717, 1.165) is 12.1 Å². The van der Waals surface area contributed by atoms with Crippen LogP contribution in [0.3, 0.4) is 0 Å². The molecule has 1 aromatic heterocycles. The van der Waals surface area contributed by atoms with Gasteiger partial charge in [0.15, 0.2) is 0 Å². The summed E-state index contributed by atoms with van der Waals surface area (Å²) in [5, 5.41) is 0. The Hall–Kier alpha value is -1.90. The van der Waals surface area contributed by atoms with Gasteiger partial charge in [-0.3, -0.25) is 4.98 Å². The molecule has 2 nitrogen and oxygen atoms in total. The van der Waals surface area contributed by atoms with E-state index < -0.39 is 0 Å². The predicted octanol–water partition coefficient (Wildman–Crippen LogP) is 7.33. The number of rotatable bonds is 11. The smallest absolute Gasteiger partial charge is 0.145 e. The highest BCUT2D eigenvalue weighted by molar-refractivity contribution is 5.30. The van der Waals surface area contributed by atoms with Crippen molar-refractivity contribution in [3.63, 3.8) is 0 Å². The average molecular weight is 346 g/mol. The van der Waals surface area contributed by atoms with Crippen LogP contribution in [0.25, 0.3) is 0 Å². The molecule has 0 fully saturated rings. The van der Waals surface area contributed by atoms with Crippen LogP contribution in [-0.2, 0) is 6.42 Å². The number of benzene rings is 1. The van der Waals surface area contributed by atoms with Crippen molar-refractivity contribution in [2.75, 3.05) is 0 Å². The fourth-order valence-corrected chi connectivity index (χ4v) is 2.70. The molecule has 0 saturated carbocycles. The summed E-state index contributed by atoms with van der Waals surface area (Å²) in [5.41, 5.74) is 1.10. The summed E-state index contributed by atoms with van der Waals surface area (Å²) in [7, 11) is 0. The Kier molecular flexibility index (Phi) is 10.5. The predicted molar refractivity (Wildman–Crippen MR) is 104 cm³/mol. The Labute approximate surface area is 152 Å². The van der Waals surface area contributed by atoms with E-state index in [1.165, 1.54) is 63.5 Å². The van der Waals surface area contributed by atoms with Crippen LogP contribution in [0.1, 0.15) is 71.4 Å². The van der Waals surface area contributed by atoms with Gasteiger partial charge >= 0.3 is 0 Å². The highest BCUT2D eigenvalue weighted by Crippen LogP contribution is 2.21. The lowest BCUT2D eigenvalue weighted by Gasteiger charge is -2.06. The summed E-state index contributed by atoms with van der Waals surface area (Å²) >= 11 is 0. The molecule has 0 atom stereocenters. The first-order valence-corrected chi connectivity index (χ1v) is 9.16. The van der Waals surface area contributed by atoms with Crippen molar-refractivity contribution in [2.45, 2.75) is 72.1 Å². The van der Waals surface area contributed by atoms with Crippen LogP contribution >= 0.6 is 0 Å². The average Bonchev–Trinajstić information content (AvgIpc) is 2.61. The van der Waals surface area contributed by atoms with E-state index in [1.807, 2.05) is 12.1 Å².